The Bertz CT molecular complexity index is 831. The highest BCUT2D eigenvalue weighted by Gasteiger charge is 2.08. The van der Waals surface area contributed by atoms with Crippen LogP contribution in [-0.4, -0.2) is 29.0 Å². The maximum absolute atomic E-state index is 5.90. The van der Waals surface area contributed by atoms with Crippen LogP contribution >= 0.6 is 0 Å². The van der Waals surface area contributed by atoms with E-state index in [2.05, 4.69) is 37.3 Å². The SMILES string of the molecule is CN(C)c1ccccc1CNc1ccnc(-c2cccnc2N)n1. The molecule has 3 rings (SSSR count). The van der Waals surface area contributed by atoms with E-state index >= 15 is 0 Å². The standard InChI is InChI=1S/C18H20N6/c1-24(2)15-8-4-3-6-13(15)12-22-16-9-11-21-18(23-16)14-7-5-10-20-17(14)19/h3-11H,12H2,1-2H3,(H2,19,20)(H,21,22,23). The summed E-state index contributed by atoms with van der Waals surface area (Å²) in [5.41, 5.74) is 9.01. The van der Waals surface area contributed by atoms with Crippen molar-refractivity contribution in [1.29, 1.82) is 0 Å². The number of rotatable bonds is 5. The van der Waals surface area contributed by atoms with Crippen LogP contribution in [0.15, 0.2) is 54.9 Å². The Morgan fingerprint density at radius 3 is 2.62 bits per heavy atom. The maximum atomic E-state index is 5.90. The average molecular weight is 320 g/mol. The minimum Gasteiger partial charge on any atom is -0.383 e. The van der Waals surface area contributed by atoms with E-state index in [0.717, 1.165) is 11.4 Å². The Hall–Kier alpha value is -3.15. The Kier molecular flexibility index (Phi) is 4.56. The molecule has 2 aromatic heterocycles. The Morgan fingerprint density at radius 2 is 1.83 bits per heavy atom. The van der Waals surface area contributed by atoms with Gasteiger partial charge in [0.05, 0.1) is 5.56 Å². The molecule has 0 aliphatic heterocycles. The largest absolute Gasteiger partial charge is 0.383 e. The minimum absolute atomic E-state index is 0.424. The number of para-hydroxylation sites is 1. The zero-order chi connectivity index (χ0) is 16.9. The molecule has 24 heavy (non-hydrogen) atoms. The van der Waals surface area contributed by atoms with E-state index in [1.807, 2.05) is 44.4 Å². The molecule has 0 atom stereocenters. The maximum Gasteiger partial charge on any atom is 0.165 e. The lowest BCUT2D eigenvalue weighted by Gasteiger charge is -2.17. The number of nitrogens with one attached hydrogen (secondary N) is 1. The molecule has 0 fully saturated rings. The van der Waals surface area contributed by atoms with Gasteiger partial charge in [-0.1, -0.05) is 18.2 Å². The number of nitrogens with zero attached hydrogens (tertiary/aromatic N) is 4. The van der Waals surface area contributed by atoms with Gasteiger partial charge in [-0.15, -0.1) is 0 Å². The zero-order valence-electron chi connectivity index (χ0n) is 13.8. The van der Waals surface area contributed by atoms with Crippen LogP contribution in [0.2, 0.25) is 0 Å². The monoisotopic (exact) mass is 320 g/mol. The number of nitrogen functional groups attached to an aromatic ring is 1. The molecule has 122 valence electrons. The Labute approximate surface area is 141 Å². The van der Waals surface area contributed by atoms with Gasteiger partial charge in [0.1, 0.15) is 11.6 Å². The van der Waals surface area contributed by atoms with Gasteiger partial charge in [0, 0.05) is 38.7 Å². The first-order chi connectivity index (χ1) is 11.6. The van der Waals surface area contributed by atoms with Crippen LogP contribution < -0.4 is 16.0 Å². The topological polar surface area (TPSA) is 80.0 Å². The fraction of sp³-hybridized carbons (Fsp3) is 0.167. The van der Waals surface area contributed by atoms with Crippen LogP contribution in [0.25, 0.3) is 11.4 Å². The minimum atomic E-state index is 0.424. The molecule has 0 saturated carbocycles. The number of hydrogen-bond donors (Lipinski definition) is 2. The highest BCUT2D eigenvalue weighted by atomic mass is 15.1. The van der Waals surface area contributed by atoms with Gasteiger partial charge < -0.3 is 16.0 Å². The van der Waals surface area contributed by atoms with Crippen molar-refractivity contribution in [2.24, 2.45) is 0 Å². The lowest BCUT2D eigenvalue weighted by molar-refractivity contribution is 1.05. The summed E-state index contributed by atoms with van der Waals surface area (Å²) >= 11 is 0. The number of nitrogens with two attached hydrogens (primary N) is 1. The van der Waals surface area contributed by atoms with E-state index in [9.17, 15) is 0 Å². The molecular formula is C18H20N6. The van der Waals surface area contributed by atoms with Gasteiger partial charge >= 0.3 is 0 Å². The molecule has 2 heterocycles. The first kappa shape index (κ1) is 15.7. The molecular weight excluding hydrogens is 300 g/mol. The summed E-state index contributed by atoms with van der Waals surface area (Å²) in [7, 11) is 4.07. The van der Waals surface area contributed by atoms with Crippen LogP contribution in [0, 0.1) is 0 Å². The summed E-state index contributed by atoms with van der Waals surface area (Å²) in [6, 6.07) is 13.8. The van der Waals surface area contributed by atoms with Gasteiger partial charge in [-0.3, -0.25) is 0 Å². The van der Waals surface area contributed by atoms with E-state index in [0.29, 0.717) is 18.2 Å². The van der Waals surface area contributed by atoms with Crippen LogP contribution in [0.5, 0.6) is 0 Å². The molecule has 1 aromatic carbocycles. The molecule has 0 aliphatic rings. The number of anilines is 3. The number of hydrogen-bond acceptors (Lipinski definition) is 6. The second-order valence-corrected chi connectivity index (χ2v) is 5.58. The first-order valence-electron chi connectivity index (χ1n) is 7.68. The number of pyridine rings is 1. The van der Waals surface area contributed by atoms with Crippen LogP contribution in [-0.2, 0) is 6.54 Å². The Morgan fingerprint density at radius 1 is 1.00 bits per heavy atom. The molecule has 6 nitrogen and oxygen atoms in total. The van der Waals surface area contributed by atoms with Gasteiger partial charge in [0.15, 0.2) is 5.82 Å². The van der Waals surface area contributed by atoms with Gasteiger partial charge in [-0.05, 0) is 29.8 Å². The second-order valence-electron chi connectivity index (χ2n) is 5.58. The predicted molar refractivity (Wildman–Crippen MR) is 97.8 cm³/mol. The van der Waals surface area contributed by atoms with E-state index in [4.69, 9.17) is 5.73 Å². The second kappa shape index (κ2) is 6.95. The molecule has 0 aliphatic carbocycles. The molecule has 0 radical (unpaired) electrons. The summed E-state index contributed by atoms with van der Waals surface area (Å²) in [5.74, 6) is 1.73. The molecule has 3 N–H and O–H groups in total. The predicted octanol–water partition coefficient (Wildman–Crippen LogP) is 2.80. The van der Waals surface area contributed by atoms with Crippen molar-refractivity contribution < 1.29 is 0 Å². The van der Waals surface area contributed by atoms with Crippen LogP contribution in [0.1, 0.15) is 5.56 Å². The molecule has 6 heteroatoms. The first-order valence-corrected chi connectivity index (χ1v) is 7.68. The third-order valence-electron chi connectivity index (χ3n) is 3.67. The summed E-state index contributed by atoms with van der Waals surface area (Å²) in [5, 5.41) is 3.35. The van der Waals surface area contributed by atoms with E-state index in [1.165, 1.54) is 11.3 Å². The van der Waals surface area contributed by atoms with Crippen molar-refractivity contribution in [3.05, 3.63) is 60.4 Å². The molecule has 0 saturated heterocycles. The fourth-order valence-corrected chi connectivity index (χ4v) is 2.48. The van der Waals surface area contributed by atoms with Gasteiger partial charge in [0.25, 0.3) is 0 Å². The van der Waals surface area contributed by atoms with Crippen LogP contribution in [0.3, 0.4) is 0 Å². The van der Waals surface area contributed by atoms with Crippen molar-refractivity contribution in [1.82, 2.24) is 15.0 Å². The van der Waals surface area contributed by atoms with Crippen molar-refractivity contribution in [3.63, 3.8) is 0 Å². The highest BCUT2D eigenvalue weighted by Crippen LogP contribution is 2.22. The van der Waals surface area contributed by atoms with Crippen LogP contribution in [0.4, 0.5) is 17.3 Å². The number of aromatic nitrogens is 3. The van der Waals surface area contributed by atoms with Gasteiger partial charge in [-0.25, -0.2) is 15.0 Å². The average Bonchev–Trinajstić information content (AvgIpc) is 2.61. The summed E-state index contributed by atoms with van der Waals surface area (Å²) in [6.07, 6.45) is 3.37. The molecule has 3 aromatic rings. The van der Waals surface area contributed by atoms with Gasteiger partial charge in [-0.2, -0.15) is 0 Å². The quantitative estimate of drug-likeness (QED) is 0.752. The van der Waals surface area contributed by atoms with Crippen molar-refractivity contribution in [2.75, 3.05) is 30.0 Å². The van der Waals surface area contributed by atoms with Gasteiger partial charge in [0.2, 0.25) is 0 Å². The molecule has 0 bridgehead atoms. The summed E-state index contributed by atoms with van der Waals surface area (Å²) in [4.78, 5) is 15.0. The molecule has 0 unspecified atom stereocenters. The smallest absolute Gasteiger partial charge is 0.165 e. The van der Waals surface area contributed by atoms with E-state index in [1.54, 1.807) is 12.4 Å². The zero-order valence-corrected chi connectivity index (χ0v) is 13.8. The van der Waals surface area contributed by atoms with Crippen molar-refractivity contribution >= 4 is 17.3 Å². The number of benzene rings is 1. The lowest BCUT2D eigenvalue weighted by atomic mass is 10.1. The highest BCUT2D eigenvalue weighted by molar-refractivity contribution is 5.68. The van der Waals surface area contributed by atoms with E-state index in [-0.39, 0.29) is 0 Å². The fourth-order valence-electron chi connectivity index (χ4n) is 2.48. The third kappa shape index (κ3) is 3.43. The summed E-state index contributed by atoms with van der Waals surface area (Å²) in [6.45, 7) is 0.674. The van der Waals surface area contributed by atoms with Crippen molar-refractivity contribution in [2.45, 2.75) is 6.54 Å². The lowest BCUT2D eigenvalue weighted by Crippen LogP contribution is -2.13. The molecule has 0 spiro atoms. The van der Waals surface area contributed by atoms with Crippen molar-refractivity contribution in [3.8, 4) is 11.4 Å². The summed E-state index contributed by atoms with van der Waals surface area (Å²) < 4.78 is 0. The normalized spacial score (nSPS) is 10.4. The Balaban J connectivity index is 1.80. The third-order valence-corrected chi connectivity index (χ3v) is 3.67. The molecule has 0 amide bonds. The van der Waals surface area contributed by atoms with E-state index < -0.39 is 0 Å².